The lowest BCUT2D eigenvalue weighted by molar-refractivity contribution is -0.149. The molecule has 0 atom stereocenters. The number of benzene rings is 2. The molecule has 2 aliphatic rings. The van der Waals surface area contributed by atoms with Crippen molar-refractivity contribution >= 4 is 45.6 Å². The molecule has 0 bridgehead atoms. The van der Waals surface area contributed by atoms with Gasteiger partial charge in [0.05, 0.1) is 24.6 Å². The van der Waals surface area contributed by atoms with Gasteiger partial charge in [0.25, 0.3) is 6.01 Å². The number of rotatable bonds is 6. The summed E-state index contributed by atoms with van der Waals surface area (Å²) in [6.45, 7) is 8.80. The van der Waals surface area contributed by atoms with E-state index in [0.29, 0.717) is 38.1 Å². The molecule has 1 aliphatic heterocycles. The zero-order valence-electron chi connectivity index (χ0n) is 25.5. The van der Waals surface area contributed by atoms with Crippen LogP contribution in [0.2, 0.25) is 0 Å². The van der Waals surface area contributed by atoms with Gasteiger partial charge in [-0.25, -0.2) is 14.6 Å². The van der Waals surface area contributed by atoms with E-state index in [2.05, 4.69) is 40.2 Å². The molecule has 228 valence electrons. The zero-order chi connectivity index (χ0) is 30.4. The smallest absolute Gasteiger partial charge is 0.300 e. The van der Waals surface area contributed by atoms with E-state index in [1.165, 1.54) is 6.33 Å². The van der Waals surface area contributed by atoms with Gasteiger partial charge in [-0.2, -0.15) is 10.1 Å². The Kier molecular flexibility index (Phi) is 7.20. The molecule has 11 nitrogen and oxygen atoms in total. The van der Waals surface area contributed by atoms with Crippen LogP contribution in [-0.4, -0.2) is 61.8 Å². The van der Waals surface area contributed by atoms with Gasteiger partial charge in [0.1, 0.15) is 23.4 Å². The van der Waals surface area contributed by atoms with Gasteiger partial charge in [0.15, 0.2) is 11.2 Å². The number of hydrogen-bond donors (Lipinski definition) is 2. The first-order valence-electron chi connectivity index (χ1n) is 15.5. The van der Waals surface area contributed by atoms with Crippen LogP contribution in [0.5, 0.6) is 0 Å². The number of morpholine rings is 1. The van der Waals surface area contributed by atoms with E-state index >= 15 is 0 Å². The summed E-state index contributed by atoms with van der Waals surface area (Å²) in [5.41, 5.74) is 13.1. The number of hydrogen-bond acceptors (Lipinski definition) is 9. The lowest BCUT2D eigenvalue weighted by Crippen LogP contribution is -2.50. The van der Waals surface area contributed by atoms with Crippen LogP contribution in [0, 0.1) is 19.3 Å². The summed E-state index contributed by atoms with van der Waals surface area (Å²) in [6.07, 6.45) is 5.65. The molecule has 5 aromatic rings. The molecule has 2 fully saturated rings. The number of nitrogens with two attached hydrogens (primary N) is 1. The highest BCUT2D eigenvalue weighted by Gasteiger charge is 2.43. The third-order valence-corrected chi connectivity index (χ3v) is 9.43. The highest BCUT2D eigenvalue weighted by Crippen LogP contribution is 2.46. The molecule has 3 N–H and O–H groups in total. The zero-order valence-corrected chi connectivity index (χ0v) is 25.5. The van der Waals surface area contributed by atoms with Crippen molar-refractivity contribution in [1.82, 2.24) is 29.6 Å². The number of anilines is 3. The predicted molar refractivity (Wildman–Crippen MR) is 170 cm³/mol. The van der Waals surface area contributed by atoms with Crippen LogP contribution in [-0.2, 0) is 9.53 Å². The number of aromatic nitrogens is 5. The van der Waals surface area contributed by atoms with Crippen LogP contribution in [0.3, 0.4) is 0 Å². The van der Waals surface area contributed by atoms with Crippen LogP contribution in [0.4, 0.5) is 17.5 Å². The fourth-order valence-corrected chi connectivity index (χ4v) is 6.94. The second-order valence-electron chi connectivity index (χ2n) is 12.2. The fourth-order valence-electron chi connectivity index (χ4n) is 6.94. The van der Waals surface area contributed by atoms with Crippen LogP contribution in [0.1, 0.15) is 56.2 Å². The normalized spacial score (nSPS) is 20.8. The Bertz CT molecular complexity index is 1830. The number of fused-ring (bicyclic) bond motifs is 2. The molecule has 1 saturated heterocycles. The van der Waals surface area contributed by atoms with Gasteiger partial charge in [0.2, 0.25) is 5.91 Å². The topological polar surface area (TPSA) is 137 Å². The van der Waals surface area contributed by atoms with Crippen molar-refractivity contribution in [2.24, 2.45) is 5.41 Å². The Morgan fingerprint density at radius 3 is 2.57 bits per heavy atom. The number of amides is 1. The molecule has 1 aliphatic carbocycles. The molecule has 1 saturated carbocycles. The molecule has 3 aromatic heterocycles. The Labute approximate surface area is 255 Å². The molecule has 0 unspecified atom stereocenters. The van der Waals surface area contributed by atoms with Crippen molar-refractivity contribution in [1.29, 1.82) is 0 Å². The molecule has 2 aromatic carbocycles. The van der Waals surface area contributed by atoms with E-state index in [0.717, 1.165) is 82.3 Å². The third-order valence-electron chi connectivity index (χ3n) is 9.43. The maximum atomic E-state index is 13.6. The molecule has 0 radical (unpaired) electrons. The summed E-state index contributed by atoms with van der Waals surface area (Å²) in [5.74, 6) is 0.674. The van der Waals surface area contributed by atoms with Crippen molar-refractivity contribution in [3.8, 4) is 11.3 Å². The van der Waals surface area contributed by atoms with E-state index in [4.69, 9.17) is 20.0 Å². The van der Waals surface area contributed by atoms with E-state index < -0.39 is 0 Å². The maximum Gasteiger partial charge on any atom is 0.300 e. The first kappa shape index (κ1) is 28.3. The Morgan fingerprint density at radius 2 is 1.84 bits per heavy atom. The number of carbonyl (C=O) groups excluding carboxylic acids is 1. The van der Waals surface area contributed by atoms with E-state index in [1.807, 2.05) is 46.8 Å². The predicted octanol–water partition coefficient (Wildman–Crippen LogP) is 5.95. The summed E-state index contributed by atoms with van der Waals surface area (Å²) < 4.78 is 13.5. The van der Waals surface area contributed by atoms with Crippen molar-refractivity contribution < 1.29 is 13.9 Å². The maximum absolute atomic E-state index is 13.6. The second kappa shape index (κ2) is 11.2. The fraction of sp³-hybridized carbons (Fsp3) is 0.424. The van der Waals surface area contributed by atoms with Gasteiger partial charge in [-0.15, -0.1) is 0 Å². The van der Waals surface area contributed by atoms with Gasteiger partial charge >= 0.3 is 0 Å². The average molecular weight is 595 g/mol. The highest BCUT2D eigenvalue weighted by molar-refractivity contribution is 5.98. The first-order chi connectivity index (χ1) is 21.3. The molecular weight excluding hydrogens is 556 g/mol. The van der Waals surface area contributed by atoms with Crippen LogP contribution >= 0.6 is 0 Å². The standard InChI is InChI=1S/C33H38N8O3/c1-4-33(31(42)40-13-15-43-16-14-40)11-9-24(10-12-33)41-30-26(29(34)35-19-36-30)27(39-41)22-5-7-23(8-6-22)37-32-38-25-18-20(2)17-21(3)28(25)44-32/h5-8,17-19,24H,4,9-16H2,1-3H3,(H,37,38)(H2,34,35,36). The SMILES string of the molecule is CCC1(C(=O)N2CCOCC2)CCC(n2nc(-c3ccc(Nc4nc5cc(C)cc(C)c5o4)cc3)c3c(N)ncnc32)CC1. The minimum absolute atomic E-state index is 0.116. The number of carbonyl (C=O) groups is 1. The highest BCUT2D eigenvalue weighted by atomic mass is 16.5. The summed E-state index contributed by atoms with van der Waals surface area (Å²) >= 11 is 0. The minimum atomic E-state index is -0.331. The van der Waals surface area contributed by atoms with E-state index in [1.54, 1.807) is 0 Å². The first-order valence-corrected chi connectivity index (χ1v) is 15.5. The summed E-state index contributed by atoms with van der Waals surface area (Å²) in [6, 6.07) is 12.6. The average Bonchev–Trinajstić information content (AvgIpc) is 3.64. The van der Waals surface area contributed by atoms with Crippen molar-refractivity contribution in [2.75, 3.05) is 37.4 Å². The number of ether oxygens (including phenoxy) is 1. The largest absolute Gasteiger partial charge is 0.423 e. The summed E-state index contributed by atoms with van der Waals surface area (Å²) in [4.78, 5) is 29.1. The number of aryl methyl sites for hydroxylation is 2. The van der Waals surface area contributed by atoms with Crippen molar-refractivity contribution in [3.05, 3.63) is 53.9 Å². The van der Waals surface area contributed by atoms with Crippen LogP contribution in [0.15, 0.2) is 47.1 Å². The molecule has 0 spiro atoms. The van der Waals surface area contributed by atoms with E-state index in [-0.39, 0.29) is 17.4 Å². The summed E-state index contributed by atoms with van der Waals surface area (Å²) in [7, 11) is 0. The monoisotopic (exact) mass is 594 g/mol. The number of nitrogens with zero attached hydrogens (tertiary/aromatic N) is 6. The molecular formula is C33H38N8O3. The van der Waals surface area contributed by atoms with Crippen molar-refractivity contribution in [2.45, 2.75) is 58.9 Å². The Balaban J connectivity index is 1.14. The number of oxazole rings is 1. The molecule has 1 amide bonds. The second-order valence-corrected chi connectivity index (χ2v) is 12.2. The Morgan fingerprint density at radius 1 is 1.09 bits per heavy atom. The van der Waals surface area contributed by atoms with Crippen LogP contribution < -0.4 is 11.1 Å². The van der Waals surface area contributed by atoms with Gasteiger partial charge in [0, 0.05) is 29.8 Å². The molecule has 11 heteroatoms. The lowest BCUT2D eigenvalue weighted by Gasteiger charge is -2.42. The molecule has 7 rings (SSSR count). The van der Waals surface area contributed by atoms with Gasteiger partial charge in [-0.05, 0) is 75.3 Å². The molecule has 4 heterocycles. The van der Waals surface area contributed by atoms with Gasteiger partial charge < -0.3 is 25.1 Å². The van der Waals surface area contributed by atoms with Gasteiger partial charge in [-0.1, -0.05) is 25.1 Å². The van der Waals surface area contributed by atoms with E-state index in [9.17, 15) is 4.79 Å². The number of nitrogen functional groups attached to an aromatic ring is 1. The number of nitrogens with one attached hydrogen (secondary N) is 1. The van der Waals surface area contributed by atoms with Crippen molar-refractivity contribution in [3.63, 3.8) is 0 Å². The Hall–Kier alpha value is -4.51. The minimum Gasteiger partial charge on any atom is -0.423 e. The quantitative estimate of drug-likeness (QED) is 0.244. The third kappa shape index (κ3) is 4.94. The lowest BCUT2D eigenvalue weighted by atomic mass is 9.69. The summed E-state index contributed by atoms with van der Waals surface area (Å²) in [5, 5.41) is 9.11. The van der Waals surface area contributed by atoms with Gasteiger partial charge in [-0.3, -0.25) is 4.79 Å². The molecule has 44 heavy (non-hydrogen) atoms. The van der Waals surface area contributed by atoms with Crippen LogP contribution in [0.25, 0.3) is 33.4 Å².